The van der Waals surface area contributed by atoms with Gasteiger partial charge in [-0.1, -0.05) is 44.2 Å². The largest absolute Gasteiger partial charge is 0.459 e. The zero-order valence-electron chi connectivity index (χ0n) is 41.6. The molecule has 0 saturated carbocycles. The number of rotatable bonds is 11. The summed E-state index contributed by atoms with van der Waals surface area (Å²) in [7, 11) is 0. The maximum Gasteiger partial charge on any atom is 0.435 e. The molecular weight excluding hydrogens is 929 g/mol. The van der Waals surface area contributed by atoms with Crippen LogP contribution >= 0.6 is 0 Å². The fourth-order valence-electron chi connectivity index (χ4n) is 9.01. The Morgan fingerprint density at radius 3 is 1.93 bits per heavy atom. The molecule has 11 rings (SSSR count). The van der Waals surface area contributed by atoms with Gasteiger partial charge >= 0.3 is 12.2 Å². The van der Waals surface area contributed by atoms with Crippen LogP contribution in [0, 0.1) is 10.8 Å². The second-order valence-corrected chi connectivity index (χ2v) is 20.5. The van der Waals surface area contributed by atoms with Crippen molar-refractivity contribution in [2.45, 2.75) is 72.5 Å². The number of nitrogens with two attached hydrogens (primary N) is 1. The van der Waals surface area contributed by atoms with Gasteiger partial charge in [0.2, 0.25) is 11.9 Å². The van der Waals surface area contributed by atoms with Gasteiger partial charge in [0.05, 0.1) is 36.0 Å². The highest BCUT2D eigenvalue weighted by molar-refractivity contribution is 5.91. The Morgan fingerprint density at radius 2 is 1.33 bits per heavy atom. The van der Waals surface area contributed by atoms with E-state index in [0.717, 1.165) is 96.3 Å². The summed E-state index contributed by atoms with van der Waals surface area (Å²) in [6.45, 7) is 14.6. The first-order valence-corrected chi connectivity index (χ1v) is 24.5. The number of nitrogens with one attached hydrogen (secondary N) is 4. The molecule has 378 valence electrons. The SMILES string of the molecule is CC1(CN)CCN(c2nc(Nc3ccc4cn[nH]c4c3)nc3ccoc23)CC1.CC1(CNC(=O)OCc2ccccc2)CCN(c2nc(Nc3ccc4cnn(C(=O)OC(C)(C)C)c4c3)nc3ccoc23)CC1. The molecule has 9 aromatic rings. The number of furan rings is 2. The van der Waals surface area contributed by atoms with Crippen LogP contribution in [-0.4, -0.2) is 97.0 Å². The lowest BCUT2D eigenvalue weighted by Gasteiger charge is -2.39. The van der Waals surface area contributed by atoms with Crippen molar-refractivity contribution in [3.8, 4) is 0 Å². The van der Waals surface area contributed by atoms with E-state index in [0.29, 0.717) is 53.1 Å². The van der Waals surface area contributed by atoms with E-state index in [4.69, 9.17) is 34.0 Å². The van der Waals surface area contributed by atoms with E-state index in [1.54, 1.807) is 24.9 Å². The minimum absolute atomic E-state index is 0.0921. The molecule has 73 heavy (non-hydrogen) atoms. The van der Waals surface area contributed by atoms with Crippen molar-refractivity contribution in [3.05, 3.63) is 109 Å². The van der Waals surface area contributed by atoms with E-state index in [2.05, 4.69) is 64.9 Å². The number of hydrogen-bond acceptors (Lipinski definition) is 17. The van der Waals surface area contributed by atoms with Crippen LogP contribution in [0.1, 0.15) is 65.9 Å². The first-order valence-electron chi connectivity index (χ1n) is 24.5. The summed E-state index contributed by atoms with van der Waals surface area (Å²) in [5, 5.41) is 22.7. The molecule has 2 saturated heterocycles. The van der Waals surface area contributed by atoms with Crippen LogP contribution in [0.15, 0.2) is 113 Å². The first-order chi connectivity index (χ1) is 35.2. The highest BCUT2D eigenvalue weighted by Crippen LogP contribution is 2.37. The van der Waals surface area contributed by atoms with Crippen LogP contribution in [0.2, 0.25) is 0 Å². The molecule has 20 nitrogen and oxygen atoms in total. The van der Waals surface area contributed by atoms with Crippen molar-refractivity contribution >= 4 is 91.1 Å². The third-order valence-electron chi connectivity index (χ3n) is 13.6. The molecule has 3 aromatic carbocycles. The second-order valence-electron chi connectivity index (χ2n) is 20.5. The quantitative estimate of drug-likeness (QED) is 0.0809. The standard InChI is InChI=1S/C33H37N7O5.C20H23N7O/c1-32(2,3)45-31(42)40-26-18-24(11-10-23(26)19-35-40)36-29-37-25-12-17-43-27(25)28(38-29)39-15-13-33(4,14-16-39)21-34-30(41)44-20-22-8-6-5-7-9-22;1-20(12-21)5-7-27(8-6-20)18-17-15(4-9-28-17)24-19(25-18)23-14-3-2-13-11-22-26-16(13)10-14/h5-12,17-19H,13-16,20-21H2,1-4H3,(H,34,41)(H,36,37,38);2-4,9-11H,5-8,12,21H2,1H3,(H,22,26)(H,23,24,25). The first kappa shape index (κ1) is 48.4. The van der Waals surface area contributed by atoms with Crippen molar-refractivity contribution in [1.29, 1.82) is 0 Å². The molecule has 6 aromatic heterocycles. The van der Waals surface area contributed by atoms with Gasteiger partial charge in [0.25, 0.3) is 0 Å². The van der Waals surface area contributed by atoms with Gasteiger partial charge in [-0.3, -0.25) is 5.10 Å². The van der Waals surface area contributed by atoms with Crippen LogP contribution in [0.5, 0.6) is 0 Å². The molecule has 0 aliphatic carbocycles. The summed E-state index contributed by atoms with van der Waals surface area (Å²) < 4.78 is 23.7. The van der Waals surface area contributed by atoms with Gasteiger partial charge in [0.15, 0.2) is 22.8 Å². The fourth-order valence-corrected chi connectivity index (χ4v) is 9.01. The predicted molar refractivity (Wildman–Crippen MR) is 280 cm³/mol. The van der Waals surface area contributed by atoms with E-state index in [-0.39, 0.29) is 17.4 Å². The van der Waals surface area contributed by atoms with Crippen LogP contribution in [-0.2, 0) is 16.1 Å². The molecule has 2 fully saturated rings. The summed E-state index contributed by atoms with van der Waals surface area (Å²) in [6, 6.07) is 24.9. The van der Waals surface area contributed by atoms with Gasteiger partial charge in [-0.2, -0.15) is 24.8 Å². The summed E-state index contributed by atoms with van der Waals surface area (Å²) >= 11 is 0. The number of carbonyl (C=O) groups excluding carboxylic acids is 2. The van der Waals surface area contributed by atoms with E-state index in [1.807, 2.05) is 99.6 Å². The molecule has 0 atom stereocenters. The highest BCUT2D eigenvalue weighted by Gasteiger charge is 2.33. The zero-order valence-corrected chi connectivity index (χ0v) is 41.6. The summed E-state index contributed by atoms with van der Waals surface area (Å²) in [5.74, 6) is 2.48. The number of aromatic amines is 1. The molecule has 1 amide bonds. The van der Waals surface area contributed by atoms with E-state index >= 15 is 0 Å². The Morgan fingerprint density at radius 1 is 0.740 bits per heavy atom. The number of piperidine rings is 2. The number of H-pyrrole nitrogens is 1. The molecule has 2 aliphatic heterocycles. The normalized spacial score (nSPS) is 15.5. The number of alkyl carbamates (subject to hydrolysis) is 1. The third-order valence-corrected chi connectivity index (χ3v) is 13.6. The average molecular weight is 989 g/mol. The minimum atomic E-state index is -0.647. The molecule has 20 heteroatoms. The second kappa shape index (κ2) is 20.1. The summed E-state index contributed by atoms with van der Waals surface area (Å²) in [5.41, 5.74) is 12.3. The van der Waals surface area contributed by atoms with Crippen LogP contribution in [0.25, 0.3) is 44.0 Å². The van der Waals surface area contributed by atoms with Gasteiger partial charge in [-0.25, -0.2) is 19.6 Å². The Labute approximate surface area is 421 Å². The molecule has 6 N–H and O–H groups in total. The summed E-state index contributed by atoms with van der Waals surface area (Å²) in [6.07, 6.45) is 9.48. The topological polar surface area (TPSA) is 246 Å². The molecule has 0 radical (unpaired) electrons. The fraction of sp³-hybridized carbons (Fsp3) is 0.358. The zero-order chi connectivity index (χ0) is 50.7. The van der Waals surface area contributed by atoms with E-state index in [9.17, 15) is 9.59 Å². The molecule has 0 bridgehead atoms. The molecule has 0 spiro atoms. The van der Waals surface area contributed by atoms with Crippen LogP contribution in [0.4, 0.5) is 44.5 Å². The number of carbonyl (C=O) groups is 2. The lowest BCUT2D eigenvalue weighted by Crippen LogP contribution is -2.45. The van der Waals surface area contributed by atoms with Crippen molar-refractivity contribution in [1.82, 2.24) is 45.2 Å². The van der Waals surface area contributed by atoms with Gasteiger partial charge in [-0.05, 0) is 106 Å². The average Bonchev–Trinajstić information content (AvgIpc) is 4.23. The molecule has 8 heterocycles. The van der Waals surface area contributed by atoms with Crippen LogP contribution in [0.3, 0.4) is 0 Å². The lowest BCUT2D eigenvalue weighted by molar-refractivity contribution is 0.0522. The monoisotopic (exact) mass is 988 g/mol. The maximum atomic E-state index is 12.7. The number of nitrogens with zero attached hydrogens (tertiary/aromatic N) is 9. The Kier molecular flexibility index (Phi) is 13.3. The number of amides is 1. The van der Waals surface area contributed by atoms with Gasteiger partial charge in [0.1, 0.15) is 23.2 Å². The Bertz CT molecular complexity index is 3380. The molecule has 0 unspecified atom stereocenters. The number of anilines is 6. The maximum absolute atomic E-state index is 12.7. The number of aromatic nitrogens is 8. The van der Waals surface area contributed by atoms with Crippen molar-refractivity contribution in [2.24, 2.45) is 16.6 Å². The lowest BCUT2D eigenvalue weighted by atomic mass is 9.80. The number of fused-ring (bicyclic) bond motifs is 4. The summed E-state index contributed by atoms with van der Waals surface area (Å²) in [4.78, 5) is 48.4. The van der Waals surface area contributed by atoms with E-state index < -0.39 is 17.8 Å². The minimum Gasteiger partial charge on any atom is -0.459 e. The van der Waals surface area contributed by atoms with Crippen LogP contribution < -0.4 is 31.5 Å². The van der Waals surface area contributed by atoms with Crippen molar-refractivity contribution < 1.29 is 27.9 Å². The number of ether oxygens (including phenoxy) is 2. The Balaban J connectivity index is 0.000000186. The van der Waals surface area contributed by atoms with Crippen molar-refractivity contribution in [2.75, 3.05) is 59.7 Å². The number of hydrogen-bond donors (Lipinski definition) is 5. The molecule has 2 aliphatic rings. The highest BCUT2D eigenvalue weighted by atomic mass is 16.6. The smallest absolute Gasteiger partial charge is 0.435 e. The van der Waals surface area contributed by atoms with E-state index in [1.165, 1.54) is 4.68 Å². The van der Waals surface area contributed by atoms with Gasteiger partial charge in [0, 0.05) is 67.0 Å². The van der Waals surface area contributed by atoms with Crippen molar-refractivity contribution in [3.63, 3.8) is 0 Å². The third kappa shape index (κ3) is 11.1. The number of benzene rings is 3. The van der Waals surface area contributed by atoms with Gasteiger partial charge in [-0.15, -0.1) is 0 Å². The predicted octanol–water partition coefficient (Wildman–Crippen LogP) is 10.0. The molecular formula is C53H60N14O6. The Hall–Kier alpha value is -8.26. The van der Waals surface area contributed by atoms with Gasteiger partial charge < -0.3 is 49.8 Å².